The van der Waals surface area contributed by atoms with Crippen molar-refractivity contribution in [2.75, 3.05) is 19.6 Å². The number of rotatable bonds is 7. The van der Waals surface area contributed by atoms with Crippen LogP contribution in [-0.2, 0) is 0 Å². The quantitative estimate of drug-likeness (QED) is 0.725. The molecule has 1 aromatic heterocycles. The first-order valence-corrected chi connectivity index (χ1v) is 9.12. The number of hydrogen-bond donors (Lipinski definition) is 0. The zero-order valence-electron chi connectivity index (χ0n) is 12.6. The minimum atomic E-state index is 0.169. The molecule has 0 aliphatic carbocycles. The third-order valence-corrected chi connectivity index (χ3v) is 6.58. The second-order valence-electron chi connectivity index (χ2n) is 5.24. The van der Waals surface area contributed by atoms with E-state index in [0.29, 0.717) is 6.04 Å². The minimum absolute atomic E-state index is 0.169. The van der Waals surface area contributed by atoms with Crippen LogP contribution in [0, 0.1) is 0 Å². The van der Waals surface area contributed by atoms with Gasteiger partial charge in [-0.05, 0) is 0 Å². The average Bonchev–Trinajstić information content (AvgIpc) is 2.81. The van der Waals surface area contributed by atoms with Gasteiger partial charge >= 0.3 is 127 Å². The van der Waals surface area contributed by atoms with Gasteiger partial charge in [0.25, 0.3) is 0 Å². The zero-order valence-corrected chi connectivity index (χ0v) is 14.3. The molecule has 0 bridgehead atoms. The van der Waals surface area contributed by atoms with Crippen LogP contribution in [0.5, 0.6) is 0 Å². The molecule has 0 fully saturated rings. The Balaban J connectivity index is 2.02. The molecule has 0 radical (unpaired) electrons. The van der Waals surface area contributed by atoms with E-state index in [9.17, 15) is 4.79 Å². The van der Waals surface area contributed by atoms with Gasteiger partial charge in [-0.2, -0.15) is 0 Å². The Bertz CT molecular complexity index is 598. The molecule has 0 N–H and O–H groups in total. The van der Waals surface area contributed by atoms with Crippen LogP contribution in [-0.4, -0.2) is 42.8 Å². The fourth-order valence-corrected chi connectivity index (χ4v) is 4.79. The number of benzene rings is 1. The first kappa shape index (κ1) is 15.6. The average molecular weight is 339 g/mol. The van der Waals surface area contributed by atoms with E-state index in [1.54, 1.807) is 0 Å². The summed E-state index contributed by atoms with van der Waals surface area (Å²) in [6.07, 6.45) is 2.26. The standard InChI is InChI=1S/C16H24N2OSe/c1-4-17(5-2)12-8-9-13(3)18-16(19)14-10-6-7-11-15(14)20-18/h6-7,10-11,13H,4-5,8-9,12H2,1-3H3. The van der Waals surface area contributed by atoms with Gasteiger partial charge in [-0.3, -0.25) is 0 Å². The number of nitrogens with zero attached hydrogens (tertiary/aromatic N) is 2. The van der Waals surface area contributed by atoms with Crippen molar-refractivity contribution in [3.63, 3.8) is 0 Å². The summed E-state index contributed by atoms with van der Waals surface area (Å²) in [5.41, 5.74) is 0.232. The molecule has 3 nitrogen and oxygen atoms in total. The molecular weight excluding hydrogens is 315 g/mol. The topological polar surface area (TPSA) is 25.2 Å². The van der Waals surface area contributed by atoms with Gasteiger partial charge in [0.1, 0.15) is 0 Å². The van der Waals surface area contributed by atoms with E-state index >= 15 is 0 Å². The maximum atomic E-state index is 12.4. The molecule has 0 saturated heterocycles. The van der Waals surface area contributed by atoms with E-state index in [4.69, 9.17) is 0 Å². The summed E-state index contributed by atoms with van der Waals surface area (Å²) in [6, 6.07) is 8.40. The van der Waals surface area contributed by atoms with Crippen molar-refractivity contribution < 1.29 is 0 Å². The Kier molecular flexibility index (Phi) is 5.64. The SMILES string of the molecule is CCN(CC)CCCC(C)n1[se]c2ccccc2c1=O. The molecule has 1 aromatic carbocycles. The van der Waals surface area contributed by atoms with E-state index < -0.39 is 0 Å². The van der Waals surface area contributed by atoms with E-state index in [1.807, 2.05) is 18.2 Å². The first-order valence-electron chi connectivity index (χ1n) is 7.50. The molecular formula is C16H24N2OSe. The van der Waals surface area contributed by atoms with Crippen molar-refractivity contribution in [3.8, 4) is 0 Å². The van der Waals surface area contributed by atoms with Crippen LogP contribution in [0.1, 0.15) is 39.7 Å². The zero-order chi connectivity index (χ0) is 14.5. The van der Waals surface area contributed by atoms with Crippen LogP contribution in [0.2, 0.25) is 0 Å². The summed E-state index contributed by atoms with van der Waals surface area (Å²) in [5, 5.41) is 0.920. The fourth-order valence-electron chi connectivity index (χ4n) is 2.55. The van der Waals surface area contributed by atoms with E-state index in [0.717, 1.165) is 31.4 Å². The van der Waals surface area contributed by atoms with Gasteiger partial charge in [0.15, 0.2) is 0 Å². The van der Waals surface area contributed by atoms with Crippen molar-refractivity contribution in [1.82, 2.24) is 8.46 Å². The molecule has 0 spiro atoms. The number of aromatic nitrogens is 1. The van der Waals surface area contributed by atoms with Crippen LogP contribution < -0.4 is 5.56 Å². The second-order valence-corrected chi connectivity index (χ2v) is 7.37. The maximum absolute atomic E-state index is 12.4. The second kappa shape index (κ2) is 7.26. The van der Waals surface area contributed by atoms with Gasteiger partial charge in [-0.25, -0.2) is 0 Å². The van der Waals surface area contributed by atoms with Gasteiger partial charge in [0.05, 0.1) is 0 Å². The van der Waals surface area contributed by atoms with Crippen molar-refractivity contribution in [1.29, 1.82) is 0 Å². The predicted molar refractivity (Wildman–Crippen MR) is 86.9 cm³/mol. The predicted octanol–water partition coefficient (Wildman–Crippen LogP) is 2.74. The number of hydrogen-bond acceptors (Lipinski definition) is 2. The summed E-state index contributed by atoms with van der Waals surface area (Å²) in [4.78, 5) is 14.8. The number of fused-ring (bicyclic) bond motifs is 1. The molecule has 0 amide bonds. The molecule has 0 aliphatic rings. The van der Waals surface area contributed by atoms with Crippen LogP contribution in [0.15, 0.2) is 29.1 Å². The summed E-state index contributed by atoms with van der Waals surface area (Å²) in [7, 11) is 0. The van der Waals surface area contributed by atoms with Gasteiger partial charge in [0, 0.05) is 0 Å². The van der Waals surface area contributed by atoms with Gasteiger partial charge < -0.3 is 0 Å². The third kappa shape index (κ3) is 3.43. The summed E-state index contributed by atoms with van der Waals surface area (Å²) >= 11 is 0.169. The van der Waals surface area contributed by atoms with E-state index in [2.05, 4.69) is 35.3 Å². The Hall–Kier alpha value is -0.831. The molecule has 0 saturated carbocycles. The van der Waals surface area contributed by atoms with Crippen LogP contribution >= 0.6 is 0 Å². The summed E-state index contributed by atoms with van der Waals surface area (Å²) in [5.74, 6) is 0. The van der Waals surface area contributed by atoms with E-state index in [-0.39, 0.29) is 20.3 Å². The van der Waals surface area contributed by atoms with Crippen molar-refractivity contribution in [3.05, 3.63) is 34.6 Å². The summed E-state index contributed by atoms with van der Waals surface area (Å²) < 4.78 is 3.32. The normalized spacial score (nSPS) is 13.2. The van der Waals surface area contributed by atoms with Crippen LogP contribution in [0.4, 0.5) is 0 Å². The Labute approximate surface area is 127 Å². The molecule has 1 atom stereocenters. The Morgan fingerprint density at radius 2 is 1.95 bits per heavy atom. The first-order chi connectivity index (χ1) is 9.67. The van der Waals surface area contributed by atoms with E-state index in [1.165, 1.54) is 10.7 Å². The van der Waals surface area contributed by atoms with Crippen molar-refractivity contribution in [2.45, 2.75) is 39.7 Å². The molecule has 2 rings (SSSR count). The molecule has 110 valence electrons. The van der Waals surface area contributed by atoms with Gasteiger partial charge in [0.2, 0.25) is 0 Å². The van der Waals surface area contributed by atoms with Crippen molar-refractivity contribution >= 4 is 24.4 Å². The van der Waals surface area contributed by atoms with Crippen LogP contribution in [0.25, 0.3) is 9.65 Å². The van der Waals surface area contributed by atoms with Gasteiger partial charge in [-0.15, -0.1) is 0 Å². The van der Waals surface area contributed by atoms with Crippen LogP contribution in [0.3, 0.4) is 0 Å². The molecule has 1 heterocycles. The van der Waals surface area contributed by atoms with Crippen molar-refractivity contribution in [2.24, 2.45) is 0 Å². The monoisotopic (exact) mass is 340 g/mol. The molecule has 20 heavy (non-hydrogen) atoms. The molecule has 2 aromatic rings. The third-order valence-electron chi connectivity index (χ3n) is 3.91. The summed E-state index contributed by atoms with van der Waals surface area (Å²) in [6.45, 7) is 9.96. The molecule has 1 unspecified atom stereocenters. The van der Waals surface area contributed by atoms with Gasteiger partial charge in [-0.1, -0.05) is 0 Å². The molecule has 4 heteroatoms. The Morgan fingerprint density at radius 1 is 1.25 bits per heavy atom. The molecule has 0 aliphatic heterocycles. The Morgan fingerprint density at radius 3 is 2.60 bits per heavy atom. The fraction of sp³-hybridized carbons (Fsp3) is 0.562.